The van der Waals surface area contributed by atoms with Crippen LogP contribution in [0.4, 0.5) is 0 Å². The minimum absolute atomic E-state index is 0.0215. The molecule has 0 aromatic rings. The van der Waals surface area contributed by atoms with Gasteiger partial charge in [-0.15, -0.1) is 0 Å². The van der Waals surface area contributed by atoms with Crippen LogP contribution in [-0.2, 0) is 9.59 Å². The van der Waals surface area contributed by atoms with E-state index >= 15 is 0 Å². The fraction of sp³-hybridized carbons (Fsp3) is 0.833. The SMILES string of the molecule is CC(C)C(C)C(=O)N1CCC(C)C1C(=O)O. The Kier molecular flexibility index (Phi) is 3.94. The smallest absolute Gasteiger partial charge is 0.326 e. The van der Waals surface area contributed by atoms with Gasteiger partial charge in [0.05, 0.1) is 0 Å². The van der Waals surface area contributed by atoms with Gasteiger partial charge < -0.3 is 10.0 Å². The van der Waals surface area contributed by atoms with Gasteiger partial charge >= 0.3 is 5.97 Å². The number of hydrogen-bond acceptors (Lipinski definition) is 2. The maximum absolute atomic E-state index is 12.1. The van der Waals surface area contributed by atoms with E-state index in [-0.39, 0.29) is 23.7 Å². The van der Waals surface area contributed by atoms with Gasteiger partial charge in [-0.05, 0) is 18.3 Å². The number of hydrogen-bond donors (Lipinski definition) is 1. The summed E-state index contributed by atoms with van der Waals surface area (Å²) in [5.41, 5.74) is 0. The molecule has 0 spiro atoms. The lowest BCUT2D eigenvalue weighted by Gasteiger charge is -2.27. The van der Waals surface area contributed by atoms with Gasteiger partial charge in [0.2, 0.25) is 5.91 Å². The molecule has 1 rings (SSSR count). The lowest BCUT2D eigenvalue weighted by molar-refractivity contribution is -0.151. The van der Waals surface area contributed by atoms with Crippen molar-refractivity contribution >= 4 is 11.9 Å². The average Bonchev–Trinajstić information content (AvgIpc) is 2.57. The molecule has 0 radical (unpaired) electrons. The Labute approximate surface area is 96.6 Å². The van der Waals surface area contributed by atoms with Crippen LogP contribution >= 0.6 is 0 Å². The summed E-state index contributed by atoms with van der Waals surface area (Å²) in [7, 11) is 0. The van der Waals surface area contributed by atoms with Crippen LogP contribution in [0.1, 0.15) is 34.1 Å². The van der Waals surface area contributed by atoms with Crippen molar-refractivity contribution in [3.8, 4) is 0 Å². The first-order chi connectivity index (χ1) is 7.36. The lowest BCUT2D eigenvalue weighted by Crippen LogP contribution is -2.45. The van der Waals surface area contributed by atoms with Gasteiger partial charge in [-0.25, -0.2) is 4.79 Å². The van der Waals surface area contributed by atoms with Crippen molar-refractivity contribution in [1.82, 2.24) is 4.90 Å². The number of rotatable bonds is 3. The Morgan fingerprint density at radius 3 is 2.31 bits per heavy atom. The highest BCUT2D eigenvalue weighted by molar-refractivity contribution is 5.85. The molecule has 3 atom stereocenters. The minimum atomic E-state index is -0.880. The largest absolute Gasteiger partial charge is 0.480 e. The first-order valence-corrected chi connectivity index (χ1v) is 5.89. The molecule has 16 heavy (non-hydrogen) atoms. The molecule has 0 aliphatic carbocycles. The number of carbonyl (C=O) groups excluding carboxylic acids is 1. The molecule has 4 nitrogen and oxygen atoms in total. The van der Waals surface area contributed by atoms with Crippen molar-refractivity contribution < 1.29 is 14.7 Å². The van der Waals surface area contributed by atoms with Crippen LogP contribution in [0.5, 0.6) is 0 Å². The Hall–Kier alpha value is -1.06. The van der Waals surface area contributed by atoms with E-state index in [0.29, 0.717) is 6.54 Å². The van der Waals surface area contributed by atoms with E-state index < -0.39 is 12.0 Å². The van der Waals surface area contributed by atoms with Crippen molar-refractivity contribution in [2.24, 2.45) is 17.8 Å². The zero-order valence-electron chi connectivity index (χ0n) is 10.4. The molecule has 0 aromatic carbocycles. The third kappa shape index (κ3) is 2.36. The molecule has 4 heteroatoms. The Bertz CT molecular complexity index is 288. The topological polar surface area (TPSA) is 57.6 Å². The molecule has 92 valence electrons. The van der Waals surface area contributed by atoms with Crippen molar-refractivity contribution in [2.45, 2.75) is 40.2 Å². The van der Waals surface area contributed by atoms with E-state index in [0.717, 1.165) is 6.42 Å². The highest BCUT2D eigenvalue weighted by Crippen LogP contribution is 2.27. The van der Waals surface area contributed by atoms with Gasteiger partial charge in [0, 0.05) is 12.5 Å². The maximum Gasteiger partial charge on any atom is 0.326 e. The van der Waals surface area contributed by atoms with Crippen LogP contribution < -0.4 is 0 Å². The fourth-order valence-corrected chi connectivity index (χ4v) is 2.12. The molecular weight excluding hydrogens is 206 g/mol. The minimum Gasteiger partial charge on any atom is -0.480 e. The summed E-state index contributed by atoms with van der Waals surface area (Å²) in [4.78, 5) is 24.8. The van der Waals surface area contributed by atoms with E-state index in [1.54, 1.807) is 0 Å². The molecule has 1 aliphatic rings. The quantitative estimate of drug-likeness (QED) is 0.796. The molecule has 1 aliphatic heterocycles. The van der Waals surface area contributed by atoms with E-state index in [2.05, 4.69) is 0 Å². The normalized spacial score (nSPS) is 27.2. The number of carboxylic acids is 1. The van der Waals surface area contributed by atoms with Crippen LogP contribution in [0.15, 0.2) is 0 Å². The van der Waals surface area contributed by atoms with Crippen molar-refractivity contribution in [1.29, 1.82) is 0 Å². The molecule has 3 unspecified atom stereocenters. The molecule has 1 saturated heterocycles. The van der Waals surface area contributed by atoms with Crippen LogP contribution in [0, 0.1) is 17.8 Å². The van der Waals surface area contributed by atoms with Gasteiger partial charge in [0.25, 0.3) is 0 Å². The number of aliphatic carboxylic acids is 1. The van der Waals surface area contributed by atoms with Crippen LogP contribution in [0.2, 0.25) is 0 Å². The predicted molar refractivity (Wildman–Crippen MR) is 60.9 cm³/mol. The van der Waals surface area contributed by atoms with Crippen LogP contribution in [0.25, 0.3) is 0 Å². The van der Waals surface area contributed by atoms with E-state index in [1.807, 2.05) is 27.7 Å². The molecule has 1 N–H and O–H groups in total. The third-order valence-electron chi connectivity index (χ3n) is 3.63. The van der Waals surface area contributed by atoms with Gasteiger partial charge in [-0.1, -0.05) is 27.7 Å². The summed E-state index contributed by atoms with van der Waals surface area (Å²) in [5, 5.41) is 9.13. The predicted octanol–water partition coefficient (Wildman–Crippen LogP) is 1.60. The van der Waals surface area contributed by atoms with Gasteiger partial charge in [0.15, 0.2) is 0 Å². The molecule has 1 amide bonds. The second kappa shape index (κ2) is 4.85. The first-order valence-electron chi connectivity index (χ1n) is 5.89. The van der Waals surface area contributed by atoms with Crippen LogP contribution in [-0.4, -0.2) is 34.5 Å². The van der Waals surface area contributed by atoms with Crippen molar-refractivity contribution in [3.05, 3.63) is 0 Å². The summed E-state index contributed by atoms with van der Waals surface area (Å²) in [6.45, 7) is 8.31. The molecule has 0 saturated carbocycles. The average molecular weight is 227 g/mol. The zero-order chi connectivity index (χ0) is 12.5. The van der Waals surface area contributed by atoms with E-state index in [1.165, 1.54) is 4.90 Å². The Morgan fingerprint density at radius 1 is 1.31 bits per heavy atom. The number of amides is 1. The summed E-state index contributed by atoms with van der Waals surface area (Å²) in [6.07, 6.45) is 0.785. The number of nitrogens with zero attached hydrogens (tertiary/aromatic N) is 1. The second-order valence-corrected chi connectivity index (χ2v) is 5.11. The second-order valence-electron chi connectivity index (χ2n) is 5.11. The highest BCUT2D eigenvalue weighted by Gasteiger charge is 2.40. The Morgan fingerprint density at radius 2 is 1.88 bits per heavy atom. The summed E-state index contributed by atoms with van der Waals surface area (Å²) >= 11 is 0. The third-order valence-corrected chi connectivity index (χ3v) is 3.63. The fourth-order valence-electron chi connectivity index (χ4n) is 2.12. The monoisotopic (exact) mass is 227 g/mol. The van der Waals surface area contributed by atoms with Gasteiger partial charge in [0.1, 0.15) is 6.04 Å². The lowest BCUT2D eigenvalue weighted by atomic mass is 9.95. The molecule has 1 fully saturated rings. The summed E-state index contributed by atoms with van der Waals surface area (Å²) in [6, 6.07) is -0.631. The van der Waals surface area contributed by atoms with Crippen LogP contribution in [0.3, 0.4) is 0 Å². The Balaban J connectivity index is 2.80. The maximum atomic E-state index is 12.1. The van der Waals surface area contributed by atoms with E-state index in [9.17, 15) is 9.59 Å². The van der Waals surface area contributed by atoms with E-state index in [4.69, 9.17) is 5.11 Å². The van der Waals surface area contributed by atoms with Crippen molar-refractivity contribution in [2.75, 3.05) is 6.54 Å². The standard InChI is InChI=1S/C12H21NO3/c1-7(2)9(4)11(14)13-6-5-8(3)10(13)12(15)16/h7-10H,5-6H2,1-4H3,(H,15,16). The zero-order valence-corrected chi connectivity index (χ0v) is 10.4. The number of carbonyl (C=O) groups is 2. The van der Waals surface area contributed by atoms with Crippen molar-refractivity contribution in [3.63, 3.8) is 0 Å². The molecule has 0 bridgehead atoms. The molecule has 0 aromatic heterocycles. The van der Waals surface area contributed by atoms with Gasteiger partial charge in [-0.2, -0.15) is 0 Å². The number of carboxylic acid groups (broad SMARTS) is 1. The number of likely N-dealkylation sites (tertiary alicyclic amines) is 1. The molecular formula is C12H21NO3. The summed E-state index contributed by atoms with van der Waals surface area (Å²) in [5.74, 6) is -0.702. The summed E-state index contributed by atoms with van der Waals surface area (Å²) < 4.78 is 0. The highest BCUT2D eigenvalue weighted by atomic mass is 16.4. The molecule has 1 heterocycles. The van der Waals surface area contributed by atoms with Gasteiger partial charge in [-0.3, -0.25) is 4.79 Å². The first kappa shape index (κ1) is 13.0.